The van der Waals surface area contributed by atoms with Crippen molar-refractivity contribution < 1.29 is 9.47 Å². The van der Waals surface area contributed by atoms with E-state index in [-0.39, 0.29) is 5.38 Å². The van der Waals surface area contributed by atoms with Crippen molar-refractivity contribution in [2.24, 2.45) is 11.8 Å². The molecular weight excluding hydrogens is 260 g/mol. The highest BCUT2D eigenvalue weighted by Gasteiger charge is 2.27. The molecule has 0 radical (unpaired) electrons. The molecule has 1 saturated carbocycles. The van der Waals surface area contributed by atoms with Crippen molar-refractivity contribution in [3.8, 4) is 11.5 Å². The second-order valence-corrected chi connectivity index (χ2v) is 6.00. The summed E-state index contributed by atoms with van der Waals surface area (Å²) in [4.78, 5) is 0. The number of hydrogen-bond acceptors (Lipinski definition) is 2. The van der Waals surface area contributed by atoms with Crippen LogP contribution in [0.2, 0.25) is 0 Å². The molecular formula is C16H23ClO2. The van der Waals surface area contributed by atoms with Crippen LogP contribution in [0.25, 0.3) is 0 Å². The third-order valence-electron chi connectivity index (χ3n) is 4.21. The van der Waals surface area contributed by atoms with E-state index >= 15 is 0 Å². The highest BCUT2D eigenvalue weighted by Crippen LogP contribution is 2.43. The Morgan fingerprint density at radius 2 is 1.79 bits per heavy atom. The molecule has 1 aromatic rings. The maximum atomic E-state index is 6.69. The molecule has 0 saturated heterocycles. The lowest BCUT2D eigenvalue weighted by Gasteiger charge is -2.30. The first-order valence-corrected chi connectivity index (χ1v) is 7.45. The van der Waals surface area contributed by atoms with Crippen LogP contribution in [0.5, 0.6) is 11.5 Å². The van der Waals surface area contributed by atoms with Gasteiger partial charge >= 0.3 is 0 Å². The summed E-state index contributed by atoms with van der Waals surface area (Å²) in [5, 5.41) is 0.0355. The number of alkyl halides is 1. The van der Waals surface area contributed by atoms with E-state index in [4.69, 9.17) is 21.1 Å². The fourth-order valence-electron chi connectivity index (χ4n) is 2.88. The van der Waals surface area contributed by atoms with Gasteiger partial charge in [0.15, 0.2) is 0 Å². The molecule has 1 unspecified atom stereocenters. The van der Waals surface area contributed by atoms with Gasteiger partial charge in [0.25, 0.3) is 0 Å². The number of hydrogen-bond donors (Lipinski definition) is 0. The SMILES string of the molecule is COc1ccc(C(Cl)C2CCC(C)CC2)c(OC)c1. The number of methoxy groups -OCH3 is 2. The minimum Gasteiger partial charge on any atom is -0.497 e. The van der Waals surface area contributed by atoms with Gasteiger partial charge in [-0.1, -0.05) is 25.8 Å². The molecule has 1 aromatic carbocycles. The van der Waals surface area contributed by atoms with Gasteiger partial charge in [-0.25, -0.2) is 0 Å². The Labute approximate surface area is 121 Å². The van der Waals surface area contributed by atoms with Gasteiger partial charge < -0.3 is 9.47 Å². The largest absolute Gasteiger partial charge is 0.497 e. The van der Waals surface area contributed by atoms with Crippen molar-refractivity contribution in [3.05, 3.63) is 23.8 Å². The molecule has 0 spiro atoms. The second-order valence-electron chi connectivity index (χ2n) is 5.53. The van der Waals surface area contributed by atoms with Crippen LogP contribution < -0.4 is 9.47 Å². The van der Waals surface area contributed by atoms with E-state index < -0.39 is 0 Å². The van der Waals surface area contributed by atoms with E-state index in [1.165, 1.54) is 25.7 Å². The van der Waals surface area contributed by atoms with Crippen LogP contribution in [0.4, 0.5) is 0 Å². The van der Waals surface area contributed by atoms with Crippen molar-refractivity contribution in [1.82, 2.24) is 0 Å². The summed E-state index contributed by atoms with van der Waals surface area (Å²) in [7, 11) is 3.35. The summed E-state index contributed by atoms with van der Waals surface area (Å²) in [6.45, 7) is 2.33. The van der Waals surface area contributed by atoms with Crippen LogP contribution in [0.3, 0.4) is 0 Å². The van der Waals surface area contributed by atoms with Gasteiger partial charge in [-0.2, -0.15) is 0 Å². The molecule has 0 N–H and O–H groups in total. The highest BCUT2D eigenvalue weighted by atomic mass is 35.5. The number of benzene rings is 1. The molecule has 1 fully saturated rings. The van der Waals surface area contributed by atoms with Crippen LogP contribution in [0, 0.1) is 11.8 Å². The maximum Gasteiger partial charge on any atom is 0.127 e. The van der Waals surface area contributed by atoms with E-state index in [0.717, 1.165) is 23.0 Å². The Balaban J connectivity index is 2.16. The summed E-state index contributed by atoms with van der Waals surface area (Å²) in [5.74, 6) is 3.04. The Morgan fingerprint density at radius 3 is 2.37 bits per heavy atom. The van der Waals surface area contributed by atoms with Gasteiger partial charge in [0, 0.05) is 11.6 Å². The highest BCUT2D eigenvalue weighted by molar-refractivity contribution is 6.21. The van der Waals surface area contributed by atoms with E-state index in [9.17, 15) is 0 Å². The van der Waals surface area contributed by atoms with Gasteiger partial charge in [0.2, 0.25) is 0 Å². The Bertz CT molecular complexity index is 411. The normalized spacial score (nSPS) is 24.8. The molecule has 0 aromatic heterocycles. The summed E-state index contributed by atoms with van der Waals surface area (Å²) in [5.41, 5.74) is 1.09. The molecule has 2 rings (SSSR count). The Kier molecular flexibility index (Phi) is 4.98. The van der Waals surface area contributed by atoms with E-state index in [1.54, 1.807) is 14.2 Å². The molecule has 0 amide bonds. The molecule has 3 heteroatoms. The van der Waals surface area contributed by atoms with E-state index in [2.05, 4.69) is 6.92 Å². The zero-order chi connectivity index (χ0) is 13.8. The Hall–Kier alpha value is -0.890. The fourth-order valence-corrected chi connectivity index (χ4v) is 3.31. The molecule has 1 aliphatic rings. The molecule has 0 bridgehead atoms. The van der Waals surface area contributed by atoms with Crippen molar-refractivity contribution >= 4 is 11.6 Å². The van der Waals surface area contributed by atoms with Crippen molar-refractivity contribution in [1.29, 1.82) is 0 Å². The quantitative estimate of drug-likeness (QED) is 0.738. The summed E-state index contributed by atoms with van der Waals surface area (Å²) >= 11 is 6.69. The van der Waals surface area contributed by atoms with Crippen molar-refractivity contribution in [2.45, 2.75) is 38.0 Å². The standard InChI is InChI=1S/C16H23ClO2/c1-11-4-6-12(7-5-11)16(17)14-9-8-13(18-2)10-15(14)19-3/h8-12,16H,4-7H2,1-3H3. The summed E-state index contributed by atoms with van der Waals surface area (Å²) in [6, 6.07) is 5.90. The van der Waals surface area contributed by atoms with Crippen molar-refractivity contribution in [3.63, 3.8) is 0 Å². The average Bonchev–Trinajstić information content (AvgIpc) is 2.46. The van der Waals surface area contributed by atoms with E-state index in [1.807, 2.05) is 18.2 Å². The number of ether oxygens (including phenoxy) is 2. The zero-order valence-corrected chi connectivity index (χ0v) is 12.7. The van der Waals surface area contributed by atoms with Crippen molar-refractivity contribution in [2.75, 3.05) is 14.2 Å². The first-order valence-electron chi connectivity index (χ1n) is 7.01. The molecule has 0 heterocycles. The topological polar surface area (TPSA) is 18.5 Å². The van der Waals surface area contributed by atoms with Gasteiger partial charge in [0.1, 0.15) is 11.5 Å². The third-order valence-corrected chi connectivity index (χ3v) is 4.80. The first kappa shape index (κ1) is 14.5. The zero-order valence-electron chi connectivity index (χ0n) is 12.0. The predicted octanol–water partition coefficient (Wildman–Crippen LogP) is 4.81. The maximum absolute atomic E-state index is 6.69. The number of halogens is 1. The lowest BCUT2D eigenvalue weighted by Crippen LogP contribution is -2.17. The van der Waals surface area contributed by atoms with Crippen LogP contribution in [0.1, 0.15) is 43.5 Å². The third kappa shape index (κ3) is 3.36. The van der Waals surface area contributed by atoms with Gasteiger partial charge in [-0.15, -0.1) is 11.6 Å². The fraction of sp³-hybridized carbons (Fsp3) is 0.625. The lowest BCUT2D eigenvalue weighted by atomic mass is 9.79. The molecule has 0 aliphatic heterocycles. The van der Waals surface area contributed by atoms with Gasteiger partial charge in [0.05, 0.1) is 19.6 Å². The molecule has 19 heavy (non-hydrogen) atoms. The number of rotatable bonds is 4. The van der Waals surface area contributed by atoms with Crippen LogP contribution in [0.15, 0.2) is 18.2 Å². The molecule has 2 nitrogen and oxygen atoms in total. The molecule has 106 valence electrons. The Morgan fingerprint density at radius 1 is 1.11 bits per heavy atom. The predicted molar refractivity (Wildman–Crippen MR) is 79.3 cm³/mol. The minimum atomic E-state index is 0.0355. The molecule has 1 atom stereocenters. The van der Waals surface area contributed by atoms with Gasteiger partial charge in [-0.3, -0.25) is 0 Å². The summed E-state index contributed by atoms with van der Waals surface area (Å²) in [6.07, 6.45) is 4.99. The van der Waals surface area contributed by atoms with Gasteiger partial charge in [-0.05, 0) is 30.7 Å². The summed E-state index contributed by atoms with van der Waals surface area (Å²) < 4.78 is 10.7. The lowest BCUT2D eigenvalue weighted by molar-refractivity contribution is 0.280. The van der Waals surface area contributed by atoms with Crippen LogP contribution >= 0.6 is 11.6 Å². The van der Waals surface area contributed by atoms with Crippen LogP contribution in [-0.2, 0) is 0 Å². The first-order chi connectivity index (χ1) is 9.15. The minimum absolute atomic E-state index is 0.0355. The smallest absolute Gasteiger partial charge is 0.127 e. The monoisotopic (exact) mass is 282 g/mol. The van der Waals surface area contributed by atoms with Crippen LogP contribution in [-0.4, -0.2) is 14.2 Å². The van der Waals surface area contributed by atoms with E-state index in [0.29, 0.717) is 5.92 Å². The second kappa shape index (κ2) is 6.51. The average molecular weight is 283 g/mol. The molecule has 1 aliphatic carbocycles.